The molecule has 0 heterocycles. The standard InChI is InChI=1S/C15H22N2O4/c1-21-13-8-7-11(9-12(13)17(19)20)14(16)15(18)10-5-3-2-4-6-10/h7-10,14-15,18H,2-6,16H2,1H3/t14-,15+/m1/s1. The Balaban J connectivity index is 2.19. The van der Waals surface area contributed by atoms with Gasteiger partial charge in [-0.3, -0.25) is 10.1 Å². The summed E-state index contributed by atoms with van der Waals surface area (Å²) in [6.45, 7) is 0. The maximum atomic E-state index is 11.0. The van der Waals surface area contributed by atoms with E-state index in [1.165, 1.54) is 25.7 Å². The van der Waals surface area contributed by atoms with Crippen molar-refractivity contribution in [3.63, 3.8) is 0 Å². The minimum atomic E-state index is -0.668. The summed E-state index contributed by atoms with van der Waals surface area (Å²) < 4.78 is 4.97. The van der Waals surface area contributed by atoms with E-state index in [-0.39, 0.29) is 17.4 Å². The van der Waals surface area contributed by atoms with E-state index in [9.17, 15) is 15.2 Å². The summed E-state index contributed by atoms with van der Waals surface area (Å²) in [5.41, 5.74) is 6.56. The van der Waals surface area contributed by atoms with E-state index < -0.39 is 17.1 Å². The highest BCUT2D eigenvalue weighted by Crippen LogP contribution is 2.34. The first kappa shape index (κ1) is 15.7. The van der Waals surface area contributed by atoms with E-state index in [4.69, 9.17) is 10.5 Å². The quantitative estimate of drug-likeness (QED) is 0.642. The summed E-state index contributed by atoms with van der Waals surface area (Å²) in [5.74, 6) is 0.373. The molecule has 2 rings (SSSR count). The van der Waals surface area contributed by atoms with Crippen LogP contribution < -0.4 is 10.5 Å². The molecule has 2 atom stereocenters. The molecule has 1 aliphatic carbocycles. The number of nitrogens with two attached hydrogens (primary N) is 1. The van der Waals surface area contributed by atoms with Gasteiger partial charge in [0.2, 0.25) is 0 Å². The Bertz CT molecular complexity index is 500. The van der Waals surface area contributed by atoms with E-state index in [1.807, 2.05) is 0 Å². The first-order chi connectivity index (χ1) is 10.0. The van der Waals surface area contributed by atoms with Crippen molar-refractivity contribution in [2.75, 3.05) is 7.11 Å². The summed E-state index contributed by atoms with van der Waals surface area (Å²) in [7, 11) is 1.39. The van der Waals surface area contributed by atoms with Crippen LogP contribution in [0.5, 0.6) is 5.75 Å². The normalized spacial score (nSPS) is 19.0. The number of aliphatic hydroxyl groups is 1. The fourth-order valence-electron chi connectivity index (χ4n) is 3.02. The van der Waals surface area contributed by atoms with Crippen LogP contribution in [0.4, 0.5) is 5.69 Å². The van der Waals surface area contributed by atoms with Gasteiger partial charge in [0, 0.05) is 6.07 Å². The van der Waals surface area contributed by atoms with Crippen LogP contribution in [0.15, 0.2) is 18.2 Å². The second kappa shape index (κ2) is 6.87. The topological polar surface area (TPSA) is 98.6 Å². The predicted molar refractivity (Wildman–Crippen MR) is 79.2 cm³/mol. The summed E-state index contributed by atoms with van der Waals surface area (Å²) in [6.07, 6.45) is 4.68. The van der Waals surface area contributed by atoms with Crippen molar-refractivity contribution in [3.8, 4) is 5.75 Å². The minimum absolute atomic E-state index is 0.124. The molecule has 116 valence electrons. The third kappa shape index (κ3) is 3.51. The summed E-state index contributed by atoms with van der Waals surface area (Å²) in [5, 5.41) is 21.5. The Morgan fingerprint density at radius 3 is 2.62 bits per heavy atom. The largest absolute Gasteiger partial charge is 0.490 e. The highest BCUT2D eigenvalue weighted by Gasteiger charge is 2.29. The first-order valence-corrected chi connectivity index (χ1v) is 7.30. The van der Waals surface area contributed by atoms with Gasteiger partial charge in [0.1, 0.15) is 0 Å². The van der Waals surface area contributed by atoms with Gasteiger partial charge in [-0.1, -0.05) is 25.3 Å². The number of nitrogens with zero attached hydrogens (tertiary/aromatic N) is 1. The highest BCUT2D eigenvalue weighted by atomic mass is 16.6. The Morgan fingerprint density at radius 1 is 1.38 bits per heavy atom. The van der Waals surface area contributed by atoms with Crippen molar-refractivity contribution in [3.05, 3.63) is 33.9 Å². The van der Waals surface area contributed by atoms with Crippen LogP contribution in [0.2, 0.25) is 0 Å². The molecule has 3 N–H and O–H groups in total. The van der Waals surface area contributed by atoms with Crippen LogP contribution in [0, 0.1) is 16.0 Å². The summed E-state index contributed by atoms with van der Waals surface area (Å²) in [4.78, 5) is 10.6. The van der Waals surface area contributed by atoms with Gasteiger partial charge in [0.15, 0.2) is 5.75 Å². The Kier molecular flexibility index (Phi) is 5.14. The molecule has 0 bridgehead atoms. The average Bonchev–Trinajstić information content (AvgIpc) is 2.53. The lowest BCUT2D eigenvalue weighted by Crippen LogP contribution is -2.34. The lowest BCUT2D eigenvalue weighted by Gasteiger charge is -2.30. The number of ether oxygens (including phenoxy) is 1. The molecule has 1 aromatic rings. The van der Waals surface area contributed by atoms with Gasteiger partial charge in [-0.15, -0.1) is 0 Å². The lowest BCUT2D eigenvalue weighted by atomic mass is 9.81. The second-order valence-corrected chi connectivity index (χ2v) is 5.60. The molecule has 0 saturated heterocycles. The molecule has 0 aliphatic heterocycles. The number of benzene rings is 1. The summed E-state index contributed by atoms with van der Waals surface area (Å²) >= 11 is 0. The van der Waals surface area contributed by atoms with Crippen LogP contribution >= 0.6 is 0 Å². The third-order valence-electron chi connectivity index (χ3n) is 4.29. The smallest absolute Gasteiger partial charge is 0.311 e. The van der Waals surface area contributed by atoms with E-state index in [2.05, 4.69) is 0 Å². The molecule has 0 amide bonds. The predicted octanol–water partition coefficient (Wildman–Crippen LogP) is 2.54. The molecular weight excluding hydrogens is 272 g/mol. The zero-order valence-electron chi connectivity index (χ0n) is 12.2. The Morgan fingerprint density at radius 2 is 2.05 bits per heavy atom. The average molecular weight is 294 g/mol. The van der Waals surface area contributed by atoms with Crippen molar-refractivity contribution in [1.82, 2.24) is 0 Å². The van der Waals surface area contributed by atoms with Crippen LogP contribution in [0.3, 0.4) is 0 Å². The molecule has 0 radical (unpaired) electrons. The molecule has 0 aromatic heterocycles. The monoisotopic (exact) mass is 294 g/mol. The van der Waals surface area contributed by atoms with Gasteiger partial charge < -0.3 is 15.6 Å². The molecule has 6 nitrogen and oxygen atoms in total. The minimum Gasteiger partial charge on any atom is -0.490 e. The maximum Gasteiger partial charge on any atom is 0.311 e. The molecule has 1 saturated carbocycles. The number of aliphatic hydroxyl groups excluding tert-OH is 1. The van der Waals surface area contributed by atoms with Crippen LogP contribution in [-0.4, -0.2) is 23.2 Å². The van der Waals surface area contributed by atoms with Gasteiger partial charge in [-0.05, 0) is 30.4 Å². The van der Waals surface area contributed by atoms with Gasteiger partial charge in [-0.25, -0.2) is 0 Å². The van der Waals surface area contributed by atoms with Crippen molar-refractivity contribution in [2.24, 2.45) is 11.7 Å². The zero-order chi connectivity index (χ0) is 15.4. The van der Waals surface area contributed by atoms with Gasteiger partial charge in [-0.2, -0.15) is 0 Å². The van der Waals surface area contributed by atoms with Gasteiger partial charge in [0.25, 0.3) is 0 Å². The Hall–Kier alpha value is -1.66. The molecule has 6 heteroatoms. The third-order valence-corrected chi connectivity index (χ3v) is 4.29. The highest BCUT2D eigenvalue weighted by molar-refractivity contribution is 5.49. The molecule has 1 aromatic carbocycles. The van der Waals surface area contributed by atoms with Crippen LogP contribution in [0.1, 0.15) is 43.7 Å². The zero-order valence-corrected chi connectivity index (χ0v) is 12.2. The fourth-order valence-corrected chi connectivity index (χ4v) is 3.02. The van der Waals surface area contributed by atoms with E-state index in [0.29, 0.717) is 5.56 Å². The number of rotatable bonds is 5. The van der Waals surface area contributed by atoms with E-state index in [1.54, 1.807) is 6.07 Å². The SMILES string of the molecule is COc1ccc([C@@H](N)[C@@H](O)C2CCCCC2)cc1[N+](=O)[O-]. The second-order valence-electron chi connectivity index (χ2n) is 5.60. The lowest BCUT2D eigenvalue weighted by molar-refractivity contribution is -0.385. The van der Waals surface area contributed by atoms with Crippen molar-refractivity contribution >= 4 is 5.69 Å². The van der Waals surface area contributed by atoms with Crippen LogP contribution in [-0.2, 0) is 0 Å². The fraction of sp³-hybridized carbons (Fsp3) is 0.600. The van der Waals surface area contributed by atoms with Gasteiger partial charge >= 0.3 is 5.69 Å². The molecule has 0 unspecified atom stereocenters. The van der Waals surface area contributed by atoms with Crippen molar-refractivity contribution in [2.45, 2.75) is 44.2 Å². The molecule has 1 fully saturated rings. The number of hydrogen-bond acceptors (Lipinski definition) is 5. The first-order valence-electron chi connectivity index (χ1n) is 7.30. The number of hydrogen-bond donors (Lipinski definition) is 2. The van der Waals surface area contributed by atoms with Crippen LogP contribution in [0.25, 0.3) is 0 Å². The Labute approximate surface area is 124 Å². The molecular formula is C15H22N2O4. The number of methoxy groups -OCH3 is 1. The summed E-state index contributed by atoms with van der Waals surface area (Å²) in [6, 6.07) is 4.00. The number of nitro groups is 1. The van der Waals surface area contributed by atoms with Crippen molar-refractivity contribution in [1.29, 1.82) is 0 Å². The molecule has 21 heavy (non-hydrogen) atoms. The van der Waals surface area contributed by atoms with Crippen molar-refractivity contribution < 1.29 is 14.8 Å². The molecule has 1 aliphatic rings. The van der Waals surface area contributed by atoms with E-state index in [0.717, 1.165) is 25.7 Å². The van der Waals surface area contributed by atoms with E-state index >= 15 is 0 Å². The van der Waals surface area contributed by atoms with Gasteiger partial charge in [0.05, 0.1) is 24.2 Å². The number of nitro benzene ring substituents is 1. The maximum absolute atomic E-state index is 11.0. The molecule has 0 spiro atoms.